The van der Waals surface area contributed by atoms with Crippen LogP contribution >= 0.6 is 11.3 Å². The topological polar surface area (TPSA) is 146 Å². The van der Waals surface area contributed by atoms with Crippen LogP contribution in [0, 0.1) is 11.8 Å². The smallest absolute Gasteiger partial charge is 0.370 e. The van der Waals surface area contributed by atoms with E-state index in [1.165, 1.54) is 18.3 Å². The molecule has 10 heteroatoms. The number of carbonyl (C=O) groups is 2. The van der Waals surface area contributed by atoms with Crippen LogP contribution < -0.4 is 5.32 Å². The molecular formula is C18H21NO8S. The van der Waals surface area contributed by atoms with Crippen molar-refractivity contribution in [3.63, 3.8) is 0 Å². The first-order valence-electron chi connectivity index (χ1n) is 8.32. The van der Waals surface area contributed by atoms with Crippen molar-refractivity contribution in [2.75, 3.05) is 13.2 Å². The number of carboxylic acid groups (broad SMARTS) is 1. The molecular weight excluding hydrogens is 390 g/mol. The van der Waals surface area contributed by atoms with Gasteiger partial charge in [0.25, 0.3) is 0 Å². The molecule has 0 bridgehead atoms. The van der Waals surface area contributed by atoms with Crippen molar-refractivity contribution in [2.24, 2.45) is 0 Å². The van der Waals surface area contributed by atoms with E-state index in [2.05, 4.69) is 17.2 Å². The molecule has 152 valence electrons. The van der Waals surface area contributed by atoms with Crippen molar-refractivity contribution in [3.05, 3.63) is 34.2 Å². The first kappa shape index (κ1) is 21.9. The van der Waals surface area contributed by atoms with E-state index in [9.17, 15) is 24.9 Å². The zero-order valence-electron chi connectivity index (χ0n) is 14.9. The highest BCUT2D eigenvalue weighted by Crippen LogP contribution is 2.24. The van der Waals surface area contributed by atoms with E-state index in [-0.39, 0.29) is 6.61 Å². The summed E-state index contributed by atoms with van der Waals surface area (Å²) in [6.45, 7) is 0.374. The summed E-state index contributed by atoms with van der Waals surface area (Å²) in [5.41, 5.74) is 0.806. The largest absolute Gasteiger partial charge is 0.478 e. The summed E-state index contributed by atoms with van der Waals surface area (Å²) in [7, 11) is 0. The molecule has 0 spiro atoms. The Kier molecular flexibility index (Phi) is 7.98. The number of hydrogen-bond donors (Lipinski definition) is 5. The number of nitrogens with one attached hydrogen (secondary N) is 1. The van der Waals surface area contributed by atoms with Gasteiger partial charge in [0.1, 0.15) is 24.9 Å². The first-order chi connectivity index (χ1) is 13.3. The molecule has 0 aliphatic carbocycles. The number of rotatable bonds is 7. The quantitative estimate of drug-likeness (QED) is 0.362. The molecule has 5 atom stereocenters. The molecule has 1 amide bonds. The van der Waals surface area contributed by atoms with E-state index in [4.69, 9.17) is 14.6 Å². The monoisotopic (exact) mass is 411 g/mol. The van der Waals surface area contributed by atoms with Crippen LogP contribution in [0.4, 0.5) is 0 Å². The van der Waals surface area contributed by atoms with Crippen molar-refractivity contribution in [1.29, 1.82) is 0 Å². The Hall–Kier alpha value is -2.42. The van der Waals surface area contributed by atoms with Crippen molar-refractivity contribution in [1.82, 2.24) is 5.32 Å². The lowest BCUT2D eigenvalue weighted by molar-refractivity contribution is -0.151. The Morgan fingerprint density at radius 1 is 1.43 bits per heavy atom. The van der Waals surface area contributed by atoms with Gasteiger partial charge in [0.2, 0.25) is 11.7 Å². The predicted molar refractivity (Wildman–Crippen MR) is 98.2 cm³/mol. The lowest BCUT2D eigenvalue weighted by Gasteiger charge is -2.39. The fraction of sp³-hybridized carbons (Fsp3) is 0.444. The van der Waals surface area contributed by atoms with Gasteiger partial charge in [-0.3, -0.25) is 4.79 Å². The van der Waals surface area contributed by atoms with Crippen molar-refractivity contribution in [3.8, 4) is 11.8 Å². The average molecular weight is 411 g/mol. The Bertz CT molecular complexity index is 766. The number of thiophene rings is 1. The summed E-state index contributed by atoms with van der Waals surface area (Å²) in [6.07, 6.45) is -4.48. The molecule has 0 radical (unpaired) electrons. The molecule has 1 aliphatic heterocycles. The van der Waals surface area contributed by atoms with Gasteiger partial charge in [-0.05, 0) is 17.5 Å². The molecule has 0 saturated heterocycles. The lowest BCUT2D eigenvalue weighted by atomic mass is 9.93. The second-order valence-electron chi connectivity index (χ2n) is 5.97. The maximum Gasteiger partial charge on any atom is 0.370 e. The Morgan fingerprint density at radius 3 is 2.75 bits per heavy atom. The van der Waals surface area contributed by atoms with Crippen LogP contribution in [0.1, 0.15) is 12.5 Å². The SMILES string of the molecule is CC(=O)N[C@H]1[C@H]([C@H](O)[C@H](O)CO)OC(C(=O)O)=C[C@H]1OCC#Cc1ccsc1. The molecule has 0 aromatic carbocycles. The molecule has 0 saturated carbocycles. The van der Waals surface area contributed by atoms with E-state index in [1.807, 2.05) is 16.8 Å². The number of aliphatic carboxylic acids is 1. The minimum Gasteiger partial charge on any atom is -0.478 e. The number of aliphatic hydroxyl groups excluding tert-OH is 3. The Morgan fingerprint density at radius 2 is 2.18 bits per heavy atom. The van der Waals surface area contributed by atoms with Crippen LogP contribution in [0.5, 0.6) is 0 Å². The number of carboxylic acids is 1. The first-order valence-corrected chi connectivity index (χ1v) is 9.26. The van der Waals surface area contributed by atoms with E-state index in [0.717, 1.165) is 11.6 Å². The van der Waals surface area contributed by atoms with Gasteiger partial charge >= 0.3 is 5.97 Å². The molecule has 2 rings (SSSR count). The van der Waals surface area contributed by atoms with Gasteiger partial charge in [0.05, 0.1) is 12.6 Å². The van der Waals surface area contributed by atoms with E-state index < -0.39 is 54.7 Å². The standard InChI is InChI=1S/C18H21NO8S/c1-10(21)19-15-13(26-5-2-3-11-4-6-28-9-11)7-14(18(24)25)27-17(15)16(23)12(22)8-20/h4,6-7,9,12-13,15-17,20,22-23H,5,8H2,1H3,(H,19,21)(H,24,25)/t12-,13-,15-,16-,17-/m1/s1. The van der Waals surface area contributed by atoms with E-state index in [1.54, 1.807) is 0 Å². The maximum atomic E-state index is 11.6. The molecule has 28 heavy (non-hydrogen) atoms. The second kappa shape index (κ2) is 10.2. The van der Waals surface area contributed by atoms with Gasteiger partial charge in [0, 0.05) is 17.9 Å². The highest BCUT2D eigenvalue weighted by atomic mass is 32.1. The normalized spacial score (nSPS) is 23.4. The van der Waals surface area contributed by atoms with Crippen LogP contribution in [0.15, 0.2) is 28.7 Å². The summed E-state index contributed by atoms with van der Waals surface area (Å²) >= 11 is 1.49. The third kappa shape index (κ3) is 5.79. The Balaban J connectivity index is 2.24. The minimum absolute atomic E-state index is 0.0780. The fourth-order valence-electron chi connectivity index (χ4n) is 2.59. The van der Waals surface area contributed by atoms with Crippen LogP contribution in [0.25, 0.3) is 0 Å². The van der Waals surface area contributed by atoms with Gasteiger partial charge in [-0.25, -0.2) is 4.79 Å². The summed E-state index contributed by atoms with van der Waals surface area (Å²) in [5.74, 6) is 3.26. The van der Waals surface area contributed by atoms with Crippen LogP contribution in [0.3, 0.4) is 0 Å². The van der Waals surface area contributed by atoms with Crippen molar-refractivity contribution < 1.29 is 39.5 Å². The molecule has 1 aliphatic rings. The number of hydrogen-bond acceptors (Lipinski definition) is 8. The number of carbonyl (C=O) groups excluding carboxylic acids is 1. The number of aliphatic hydroxyl groups is 3. The van der Waals surface area contributed by atoms with E-state index in [0.29, 0.717) is 0 Å². The molecule has 0 fully saturated rings. The summed E-state index contributed by atoms with van der Waals surface area (Å²) < 4.78 is 10.9. The third-order valence-corrected chi connectivity index (χ3v) is 4.57. The van der Waals surface area contributed by atoms with Crippen molar-refractivity contribution >= 4 is 23.2 Å². The molecule has 5 N–H and O–H groups in total. The second-order valence-corrected chi connectivity index (χ2v) is 6.75. The van der Waals surface area contributed by atoms with Crippen molar-refractivity contribution in [2.45, 2.75) is 37.4 Å². The zero-order valence-corrected chi connectivity index (χ0v) is 15.8. The number of amides is 1. The van der Waals surface area contributed by atoms with Gasteiger partial charge in [-0.2, -0.15) is 11.3 Å². The van der Waals surface area contributed by atoms with Gasteiger partial charge in [-0.15, -0.1) is 0 Å². The van der Waals surface area contributed by atoms with E-state index >= 15 is 0 Å². The number of ether oxygens (including phenoxy) is 2. The molecule has 2 heterocycles. The Labute approximate surface area is 165 Å². The zero-order chi connectivity index (χ0) is 20.7. The fourth-order valence-corrected chi connectivity index (χ4v) is 3.18. The van der Waals surface area contributed by atoms with Crippen LogP contribution in [-0.2, 0) is 19.1 Å². The van der Waals surface area contributed by atoms with Crippen LogP contribution in [0.2, 0.25) is 0 Å². The lowest BCUT2D eigenvalue weighted by Crippen LogP contribution is -2.60. The summed E-state index contributed by atoms with van der Waals surface area (Å²) in [6, 6.07) is 0.817. The highest BCUT2D eigenvalue weighted by Gasteiger charge is 2.44. The third-order valence-electron chi connectivity index (χ3n) is 3.89. The predicted octanol–water partition coefficient (Wildman–Crippen LogP) is -0.929. The molecule has 9 nitrogen and oxygen atoms in total. The summed E-state index contributed by atoms with van der Waals surface area (Å²) in [4.78, 5) is 23.0. The van der Waals surface area contributed by atoms with Gasteiger partial charge < -0.3 is 35.2 Å². The maximum absolute atomic E-state index is 11.6. The van der Waals surface area contributed by atoms with Crippen LogP contribution in [-0.4, -0.2) is 76.0 Å². The highest BCUT2D eigenvalue weighted by molar-refractivity contribution is 7.08. The minimum atomic E-state index is -1.67. The molecule has 0 unspecified atom stereocenters. The molecule has 1 aromatic heterocycles. The average Bonchev–Trinajstić information content (AvgIpc) is 3.17. The van der Waals surface area contributed by atoms with Gasteiger partial charge in [0.15, 0.2) is 6.10 Å². The summed E-state index contributed by atoms with van der Waals surface area (Å²) in [5, 5.41) is 44.6. The molecule has 1 aromatic rings. The van der Waals surface area contributed by atoms with Gasteiger partial charge in [-0.1, -0.05) is 11.8 Å².